The van der Waals surface area contributed by atoms with Gasteiger partial charge in [0.15, 0.2) is 11.5 Å². The molecule has 2 unspecified atom stereocenters. The summed E-state index contributed by atoms with van der Waals surface area (Å²) in [5, 5.41) is 12.2. The Labute approximate surface area is 191 Å². The zero-order chi connectivity index (χ0) is 22.3. The Morgan fingerprint density at radius 3 is 2.41 bits per heavy atom. The van der Waals surface area contributed by atoms with E-state index in [1.807, 2.05) is 60.7 Å². The van der Waals surface area contributed by atoms with Gasteiger partial charge in [-0.2, -0.15) is 0 Å². The molecule has 2 atom stereocenters. The van der Waals surface area contributed by atoms with Gasteiger partial charge in [-0.25, -0.2) is 0 Å². The van der Waals surface area contributed by atoms with Gasteiger partial charge in [-0.1, -0.05) is 54.6 Å². The molecule has 2 N–H and O–H groups in total. The number of carboxylic acid groups (broad SMARTS) is 1. The van der Waals surface area contributed by atoms with Crippen LogP contribution in [0.1, 0.15) is 10.9 Å². The second-order valence-corrected chi connectivity index (χ2v) is 8.38. The maximum atomic E-state index is 11.2. The molecule has 0 radical (unpaired) electrons. The Balaban J connectivity index is 1.35. The van der Waals surface area contributed by atoms with E-state index in [1.54, 1.807) is 18.9 Å². The zero-order valence-corrected chi connectivity index (χ0v) is 18.5. The molecule has 1 aliphatic heterocycles. The summed E-state index contributed by atoms with van der Waals surface area (Å²) in [6.45, 7) is 0.741. The standard InChI is InChI=1S/C25H25NO5S/c1-29-23-15-18(24-26-20(16-32-24)25(27)28)11-12-22(23)31-14-13-30-21-10-6-5-9-19(21)17-7-3-2-4-8-17/h2-12,15,20,24,26H,13-14,16H2,1H3,(H,27,28). The number of rotatable bonds is 9. The fourth-order valence-corrected chi connectivity index (χ4v) is 4.75. The quantitative estimate of drug-likeness (QED) is 0.460. The molecule has 0 spiro atoms. The number of methoxy groups -OCH3 is 1. The van der Waals surface area contributed by atoms with Gasteiger partial charge in [0.1, 0.15) is 25.0 Å². The highest BCUT2D eigenvalue weighted by molar-refractivity contribution is 7.99. The molecular formula is C25H25NO5S. The molecule has 32 heavy (non-hydrogen) atoms. The van der Waals surface area contributed by atoms with Gasteiger partial charge in [-0.05, 0) is 29.3 Å². The van der Waals surface area contributed by atoms with Crippen molar-refractivity contribution in [3.05, 3.63) is 78.4 Å². The van der Waals surface area contributed by atoms with E-state index >= 15 is 0 Å². The lowest BCUT2D eigenvalue weighted by molar-refractivity contribution is -0.138. The maximum Gasteiger partial charge on any atom is 0.321 e. The fourth-order valence-electron chi connectivity index (χ4n) is 3.52. The van der Waals surface area contributed by atoms with Crippen LogP contribution in [0.2, 0.25) is 0 Å². The second kappa shape index (κ2) is 10.4. The molecule has 1 fully saturated rings. The number of thioether (sulfide) groups is 1. The molecule has 3 aromatic carbocycles. The van der Waals surface area contributed by atoms with E-state index < -0.39 is 12.0 Å². The topological polar surface area (TPSA) is 77.0 Å². The van der Waals surface area contributed by atoms with Crippen molar-refractivity contribution >= 4 is 17.7 Å². The minimum atomic E-state index is -0.833. The molecule has 0 aromatic heterocycles. The van der Waals surface area contributed by atoms with E-state index in [-0.39, 0.29) is 5.37 Å². The summed E-state index contributed by atoms with van der Waals surface area (Å²) in [7, 11) is 1.59. The summed E-state index contributed by atoms with van der Waals surface area (Å²) < 4.78 is 17.4. The van der Waals surface area contributed by atoms with Crippen LogP contribution in [0, 0.1) is 0 Å². The van der Waals surface area contributed by atoms with E-state index in [9.17, 15) is 9.90 Å². The molecule has 0 aliphatic carbocycles. The lowest BCUT2D eigenvalue weighted by atomic mass is 10.1. The smallest absolute Gasteiger partial charge is 0.321 e. The predicted octanol–water partition coefficient (Wildman–Crippen LogP) is 4.61. The van der Waals surface area contributed by atoms with Crippen molar-refractivity contribution in [1.29, 1.82) is 0 Å². The summed E-state index contributed by atoms with van der Waals surface area (Å²) in [6.07, 6.45) is 0. The third-order valence-corrected chi connectivity index (χ3v) is 6.41. The molecule has 4 rings (SSSR count). The number of benzene rings is 3. The number of hydrogen-bond donors (Lipinski definition) is 2. The second-order valence-electron chi connectivity index (χ2n) is 7.24. The third kappa shape index (κ3) is 5.18. The van der Waals surface area contributed by atoms with Crippen LogP contribution in [-0.4, -0.2) is 43.2 Å². The van der Waals surface area contributed by atoms with Crippen molar-refractivity contribution in [2.75, 3.05) is 26.1 Å². The van der Waals surface area contributed by atoms with E-state index in [0.29, 0.717) is 30.5 Å². The number of hydrogen-bond acceptors (Lipinski definition) is 6. The van der Waals surface area contributed by atoms with Gasteiger partial charge in [0, 0.05) is 11.3 Å². The van der Waals surface area contributed by atoms with Crippen molar-refractivity contribution in [3.8, 4) is 28.4 Å². The molecule has 0 saturated carbocycles. The average Bonchev–Trinajstić information content (AvgIpc) is 3.33. The van der Waals surface area contributed by atoms with Gasteiger partial charge in [0.25, 0.3) is 0 Å². The zero-order valence-electron chi connectivity index (χ0n) is 17.7. The van der Waals surface area contributed by atoms with E-state index in [1.165, 1.54) is 0 Å². The summed E-state index contributed by atoms with van der Waals surface area (Å²) in [4.78, 5) is 11.2. The van der Waals surface area contributed by atoms with Crippen molar-refractivity contribution in [2.45, 2.75) is 11.4 Å². The molecule has 1 saturated heterocycles. The van der Waals surface area contributed by atoms with E-state index in [2.05, 4.69) is 17.4 Å². The lowest BCUT2D eigenvalue weighted by Gasteiger charge is -2.16. The predicted molar refractivity (Wildman–Crippen MR) is 126 cm³/mol. The molecule has 1 aliphatic rings. The van der Waals surface area contributed by atoms with E-state index in [4.69, 9.17) is 14.2 Å². The molecule has 3 aromatic rings. The fraction of sp³-hybridized carbons (Fsp3) is 0.240. The first-order valence-corrected chi connectivity index (χ1v) is 11.4. The molecule has 7 heteroatoms. The minimum absolute atomic E-state index is 0.0862. The first-order chi connectivity index (χ1) is 15.7. The van der Waals surface area contributed by atoms with Crippen LogP contribution < -0.4 is 19.5 Å². The monoisotopic (exact) mass is 451 g/mol. The van der Waals surface area contributed by atoms with Crippen molar-refractivity contribution in [3.63, 3.8) is 0 Å². The highest BCUT2D eigenvalue weighted by Crippen LogP contribution is 2.37. The van der Waals surface area contributed by atoms with Crippen molar-refractivity contribution < 1.29 is 24.1 Å². The summed E-state index contributed by atoms with van der Waals surface area (Å²) in [5.74, 6) is 1.73. The Bertz CT molecular complexity index is 1060. The normalized spacial score (nSPS) is 17.7. The molecule has 1 heterocycles. The largest absolute Gasteiger partial charge is 0.493 e. The van der Waals surface area contributed by atoms with Gasteiger partial charge in [-0.3, -0.25) is 10.1 Å². The lowest BCUT2D eigenvalue weighted by Crippen LogP contribution is -2.33. The van der Waals surface area contributed by atoms with Crippen LogP contribution in [0.25, 0.3) is 11.1 Å². The van der Waals surface area contributed by atoms with E-state index in [0.717, 1.165) is 22.4 Å². The number of ether oxygens (including phenoxy) is 3. The van der Waals surface area contributed by atoms with Crippen LogP contribution >= 0.6 is 11.8 Å². The SMILES string of the molecule is COc1cc(C2NC(C(=O)O)CS2)ccc1OCCOc1ccccc1-c1ccccc1. The Kier molecular flexibility index (Phi) is 7.19. The van der Waals surface area contributed by atoms with Crippen molar-refractivity contribution in [1.82, 2.24) is 5.32 Å². The van der Waals surface area contributed by atoms with Gasteiger partial charge in [-0.15, -0.1) is 11.8 Å². The summed E-state index contributed by atoms with van der Waals surface area (Å²) in [5.41, 5.74) is 3.09. The first kappa shape index (κ1) is 22.0. The highest BCUT2D eigenvalue weighted by Gasteiger charge is 2.30. The molecule has 0 amide bonds. The number of para-hydroxylation sites is 1. The average molecular weight is 452 g/mol. The third-order valence-electron chi connectivity index (χ3n) is 5.14. The Hall–Kier alpha value is -3.16. The van der Waals surface area contributed by atoms with Crippen molar-refractivity contribution in [2.24, 2.45) is 0 Å². The van der Waals surface area contributed by atoms with Crippen LogP contribution in [0.15, 0.2) is 72.8 Å². The van der Waals surface area contributed by atoms with Crippen LogP contribution in [0.5, 0.6) is 17.2 Å². The molecule has 166 valence electrons. The maximum absolute atomic E-state index is 11.2. The van der Waals surface area contributed by atoms with Crippen LogP contribution in [0.3, 0.4) is 0 Å². The van der Waals surface area contributed by atoms with Gasteiger partial charge < -0.3 is 19.3 Å². The Morgan fingerprint density at radius 1 is 0.969 bits per heavy atom. The Morgan fingerprint density at radius 2 is 1.69 bits per heavy atom. The van der Waals surface area contributed by atoms with Crippen LogP contribution in [0.4, 0.5) is 0 Å². The number of carboxylic acids is 1. The van der Waals surface area contributed by atoms with Crippen LogP contribution in [-0.2, 0) is 4.79 Å². The molecule has 0 bridgehead atoms. The summed E-state index contributed by atoms with van der Waals surface area (Å²) in [6, 6.07) is 23.2. The molecular weight excluding hydrogens is 426 g/mol. The number of nitrogens with one attached hydrogen (secondary N) is 1. The number of aliphatic carboxylic acids is 1. The summed E-state index contributed by atoms with van der Waals surface area (Å²) >= 11 is 1.57. The highest BCUT2D eigenvalue weighted by atomic mass is 32.2. The molecule has 6 nitrogen and oxygen atoms in total. The number of carbonyl (C=O) groups is 1. The minimum Gasteiger partial charge on any atom is -0.493 e. The first-order valence-electron chi connectivity index (χ1n) is 10.3. The van der Waals surface area contributed by atoms with Gasteiger partial charge >= 0.3 is 5.97 Å². The van der Waals surface area contributed by atoms with Gasteiger partial charge in [0.2, 0.25) is 0 Å². The van der Waals surface area contributed by atoms with Gasteiger partial charge in [0.05, 0.1) is 12.5 Å².